The molecule has 0 amide bonds. The molecule has 1 aliphatic carbocycles. The number of methoxy groups -OCH3 is 1. The number of ether oxygens (including phenoxy) is 1. The molecular weight excluding hydrogens is 364 g/mol. The number of Topliss-reactive ketones (excluding diaryl/α,β-unsaturated/α-hetero) is 1. The fraction of sp³-hybridized carbons (Fsp3) is 0.261. The first-order valence-electron chi connectivity index (χ1n) is 9.71. The number of ketones is 1. The van der Waals surface area contributed by atoms with Crippen molar-refractivity contribution in [2.75, 3.05) is 17.7 Å². The monoisotopic (exact) mass is 388 g/mol. The Labute approximate surface area is 170 Å². The number of rotatable bonds is 5. The lowest BCUT2D eigenvalue weighted by molar-refractivity contribution is 0.0953. The number of anilines is 4. The number of benzene rings is 2. The van der Waals surface area contributed by atoms with E-state index in [-0.39, 0.29) is 11.7 Å². The van der Waals surface area contributed by atoms with Crippen LogP contribution in [-0.4, -0.2) is 22.9 Å². The highest BCUT2D eigenvalue weighted by Gasteiger charge is 2.28. The summed E-state index contributed by atoms with van der Waals surface area (Å²) in [5.41, 5.74) is 4.16. The van der Waals surface area contributed by atoms with Gasteiger partial charge in [0, 0.05) is 12.1 Å². The number of carbonyl (C=O) groups is 1. The van der Waals surface area contributed by atoms with Gasteiger partial charge in [0.2, 0.25) is 5.95 Å². The van der Waals surface area contributed by atoms with Crippen LogP contribution in [0.5, 0.6) is 5.75 Å². The third-order valence-corrected chi connectivity index (χ3v) is 4.97. The smallest absolute Gasteiger partial charge is 0.229 e. The van der Waals surface area contributed by atoms with Gasteiger partial charge in [0.1, 0.15) is 11.6 Å². The van der Waals surface area contributed by atoms with E-state index in [0.29, 0.717) is 29.5 Å². The number of carbonyl (C=O) groups excluding carboxylic acids is 1. The Morgan fingerprint density at radius 3 is 2.66 bits per heavy atom. The molecule has 4 rings (SSSR count). The van der Waals surface area contributed by atoms with Gasteiger partial charge in [0.05, 0.1) is 24.1 Å². The van der Waals surface area contributed by atoms with E-state index in [1.165, 1.54) is 0 Å². The Morgan fingerprint density at radius 1 is 1.03 bits per heavy atom. The molecule has 6 heteroatoms. The highest BCUT2D eigenvalue weighted by atomic mass is 16.5. The van der Waals surface area contributed by atoms with Crippen molar-refractivity contribution >= 4 is 28.9 Å². The highest BCUT2D eigenvalue weighted by molar-refractivity contribution is 6.03. The van der Waals surface area contributed by atoms with Crippen molar-refractivity contribution in [3.8, 4) is 5.75 Å². The van der Waals surface area contributed by atoms with Crippen molar-refractivity contribution in [1.29, 1.82) is 0 Å². The summed E-state index contributed by atoms with van der Waals surface area (Å²) < 4.78 is 5.42. The lowest BCUT2D eigenvalue weighted by Gasteiger charge is -2.23. The largest absolute Gasteiger partial charge is 0.495 e. The van der Waals surface area contributed by atoms with Crippen LogP contribution in [0.2, 0.25) is 0 Å². The van der Waals surface area contributed by atoms with Gasteiger partial charge in [-0.25, -0.2) is 4.98 Å². The summed E-state index contributed by atoms with van der Waals surface area (Å²) in [4.78, 5) is 22.1. The molecule has 3 aromatic rings. The molecule has 1 heterocycles. The van der Waals surface area contributed by atoms with Crippen LogP contribution in [0, 0.1) is 12.8 Å². The molecule has 0 spiro atoms. The molecule has 148 valence electrons. The molecule has 0 radical (unpaired) electrons. The number of nitrogens with one attached hydrogen (secondary N) is 2. The number of aromatic nitrogens is 2. The van der Waals surface area contributed by atoms with Gasteiger partial charge in [-0.2, -0.15) is 4.98 Å². The lowest BCUT2D eigenvalue weighted by atomic mass is 9.87. The topological polar surface area (TPSA) is 76.1 Å². The number of para-hydroxylation sites is 2. The molecule has 1 atom stereocenters. The average Bonchev–Trinajstić information content (AvgIpc) is 2.67. The van der Waals surface area contributed by atoms with Crippen LogP contribution in [0.1, 0.15) is 35.0 Å². The maximum atomic E-state index is 12.8. The van der Waals surface area contributed by atoms with Crippen molar-refractivity contribution in [1.82, 2.24) is 9.97 Å². The summed E-state index contributed by atoms with van der Waals surface area (Å²) in [5, 5.41) is 6.57. The molecule has 1 aromatic heterocycles. The normalized spacial score (nSPS) is 15.6. The van der Waals surface area contributed by atoms with Crippen molar-refractivity contribution < 1.29 is 9.53 Å². The number of hydrogen-bond acceptors (Lipinski definition) is 6. The minimum atomic E-state index is 0.0812. The number of fused-ring (bicyclic) bond motifs is 1. The quantitative estimate of drug-likeness (QED) is 0.637. The molecule has 1 unspecified atom stereocenters. The molecule has 29 heavy (non-hydrogen) atoms. The predicted molar refractivity (Wildman–Crippen MR) is 115 cm³/mol. The molecule has 0 aliphatic heterocycles. The zero-order chi connectivity index (χ0) is 20.4. The summed E-state index contributed by atoms with van der Waals surface area (Å²) in [6.07, 6.45) is 1.25. The minimum Gasteiger partial charge on any atom is -0.495 e. The summed E-state index contributed by atoms with van der Waals surface area (Å²) >= 11 is 0. The van der Waals surface area contributed by atoms with Crippen LogP contribution in [0.4, 0.5) is 23.1 Å². The first-order chi connectivity index (χ1) is 14.0. The van der Waals surface area contributed by atoms with Gasteiger partial charge in [-0.05, 0) is 49.1 Å². The van der Waals surface area contributed by atoms with Gasteiger partial charge in [0.15, 0.2) is 5.78 Å². The standard InChI is InChI=1S/C23H24N4O2/c1-14-7-6-8-16(11-14)24-22-21-18(12-15(2)13-19(21)28)26-23(27-22)25-17-9-4-5-10-20(17)29-3/h4-11,15H,12-13H2,1-3H3,(H2,24,25,26,27). The minimum absolute atomic E-state index is 0.0812. The van der Waals surface area contributed by atoms with Crippen LogP contribution in [0.25, 0.3) is 0 Å². The van der Waals surface area contributed by atoms with Gasteiger partial charge in [-0.15, -0.1) is 0 Å². The number of hydrogen-bond donors (Lipinski definition) is 2. The Morgan fingerprint density at radius 2 is 1.86 bits per heavy atom. The fourth-order valence-electron chi connectivity index (χ4n) is 3.64. The van der Waals surface area contributed by atoms with E-state index >= 15 is 0 Å². The molecule has 0 bridgehead atoms. The maximum Gasteiger partial charge on any atom is 0.229 e. The second kappa shape index (κ2) is 7.91. The molecule has 1 aliphatic rings. The lowest BCUT2D eigenvalue weighted by Crippen LogP contribution is -2.22. The second-order valence-corrected chi connectivity index (χ2v) is 7.47. The van der Waals surface area contributed by atoms with E-state index in [1.807, 2.05) is 55.5 Å². The Hall–Kier alpha value is -3.41. The van der Waals surface area contributed by atoms with Gasteiger partial charge >= 0.3 is 0 Å². The maximum absolute atomic E-state index is 12.8. The first-order valence-corrected chi connectivity index (χ1v) is 9.71. The van der Waals surface area contributed by atoms with E-state index < -0.39 is 0 Å². The predicted octanol–water partition coefficient (Wildman–Crippen LogP) is 5.05. The Balaban J connectivity index is 1.77. The first kappa shape index (κ1) is 18.9. The van der Waals surface area contributed by atoms with E-state index in [9.17, 15) is 4.79 Å². The molecule has 0 fully saturated rings. The van der Waals surface area contributed by atoms with E-state index in [0.717, 1.165) is 29.1 Å². The zero-order valence-corrected chi connectivity index (χ0v) is 16.8. The van der Waals surface area contributed by atoms with Crippen molar-refractivity contribution in [2.45, 2.75) is 26.7 Å². The summed E-state index contributed by atoms with van der Waals surface area (Å²) in [6, 6.07) is 15.6. The third-order valence-electron chi connectivity index (χ3n) is 4.97. The highest BCUT2D eigenvalue weighted by Crippen LogP contribution is 2.33. The van der Waals surface area contributed by atoms with Crippen LogP contribution < -0.4 is 15.4 Å². The fourth-order valence-corrected chi connectivity index (χ4v) is 3.64. The van der Waals surface area contributed by atoms with Gasteiger partial charge in [-0.1, -0.05) is 31.2 Å². The van der Waals surface area contributed by atoms with Crippen LogP contribution >= 0.6 is 0 Å². The summed E-state index contributed by atoms with van der Waals surface area (Å²) in [6.45, 7) is 4.10. The molecule has 6 nitrogen and oxygen atoms in total. The molecular formula is C23H24N4O2. The van der Waals surface area contributed by atoms with Crippen molar-refractivity contribution in [3.63, 3.8) is 0 Å². The van der Waals surface area contributed by atoms with Crippen LogP contribution in [0.3, 0.4) is 0 Å². The Kier molecular flexibility index (Phi) is 5.16. The van der Waals surface area contributed by atoms with Gasteiger partial charge in [0.25, 0.3) is 0 Å². The summed E-state index contributed by atoms with van der Waals surface area (Å²) in [5.74, 6) is 2.01. The van der Waals surface area contributed by atoms with E-state index in [4.69, 9.17) is 4.74 Å². The third kappa shape index (κ3) is 4.06. The van der Waals surface area contributed by atoms with E-state index in [2.05, 4.69) is 27.5 Å². The second-order valence-electron chi connectivity index (χ2n) is 7.47. The average molecular weight is 388 g/mol. The van der Waals surface area contributed by atoms with Crippen molar-refractivity contribution in [3.05, 3.63) is 65.4 Å². The van der Waals surface area contributed by atoms with Gasteiger partial charge in [-0.3, -0.25) is 4.79 Å². The summed E-state index contributed by atoms with van der Waals surface area (Å²) in [7, 11) is 1.62. The molecule has 0 saturated carbocycles. The van der Waals surface area contributed by atoms with Crippen LogP contribution in [0.15, 0.2) is 48.5 Å². The SMILES string of the molecule is COc1ccccc1Nc1nc2c(c(Nc3cccc(C)c3)n1)C(=O)CC(C)C2. The zero-order valence-electron chi connectivity index (χ0n) is 16.8. The van der Waals surface area contributed by atoms with Gasteiger partial charge < -0.3 is 15.4 Å². The molecule has 2 aromatic carbocycles. The Bertz CT molecular complexity index is 1060. The van der Waals surface area contributed by atoms with Crippen LogP contribution in [-0.2, 0) is 6.42 Å². The molecule has 2 N–H and O–H groups in total. The number of nitrogens with zero attached hydrogens (tertiary/aromatic N) is 2. The van der Waals surface area contributed by atoms with Crippen molar-refractivity contribution in [2.24, 2.45) is 5.92 Å². The van der Waals surface area contributed by atoms with E-state index in [1.54, 1.807) is 7.11 Å². The molecule has 0 saturated heterocycles. The number of aryl methyl sites for hydroxylation is 1.